The Balaban J connectivity index is 0.000000192. The van der Waals surface area contributed by atoms with Crippen LogP contribution in [0.4, 0.5) is 11.8 Å². The van der Waals surface area contributed by atoms with Gasteiger partial charge in [-0.3, -0.25) is 9.78 Å². The van der Waals surface area contributed by atoms with Crippen LogP contribution in [0.3, 0.4) is 0 Å². The van der Waals surface area contributed by atoms with Gasteiger partial charge in [0, 0.05) is 38.3 Å². The number of anilines is 2. The smallest absolute Gasteiger partial charge is 0.338 e. The van der Waals surface area contributed by atoms with Crippen LogP contribution < -0.4 is 20.9 Å². The van der Waals surface area contributed by atoms with E-state index in [9.17, 15) is 19.8 Å². The summed E-state index contributed by atoms with van der Waals surface area (Å²) < 4.78 is 12.6. The summed E-state index contributed by atoms with van der Waals surface area (Å²) in [5.74, 6) is 2.19. The number of esters is 1. The van der Waals surface area contributed by atoms with E-state index >= 15 is 0 Å². The number of nitrogens with one attached hydrogen (secondary N) is 1. The van der Waals surface area contributed by atoms with Crippen LogP contribution in [-0.4, -0.2) is 85.4 Å². The zero-order valence-corrected chi connectivity index (χ0v) is 26.2. The second-order valence-corrected chi connectivity index (χ2v) is 11.7. The van der Waals surface area contributed by atoms with E-state index in [1.165, 1.54) is 6.33 Å². The van der Waals surface area contributed by atoms with Gasteiger partial charge in [-0.15, -0.1) is 5.10 Å². The number of nitrogen functional groups attached to an aromatic ring is 1. The molecule has 14 heteroatoms. The van der Waals surface area contributed by atoms with Gasteiger partial charge in [0.1, 0.15) is 5.75 Å². The lowest BCUT2D eigenvalue weighted by Crippen LogP contribution is -2.42. The van der Waals surface area contributed by atoms with Crippen molar-refractivity contribution in [2.24, 2.45) is 17.8 Å². The number of carbonyl (C=O) groups excluding carboxylic acids is 1. The van der Waals surface area contributed by atoms with Gasteiger partial charge >= 0.3 is 5.97 Å². The maximum atomic E-state index is 11.7. The van der Waals surface area contributed by atoms with E-state index in [-0.39, 0.29) is 54.1 Å². The molecule has 1 aliphatic carbocycles. The minimum absolute atomic E-state index is 0.0131. The first-order chi connectivity index (χ1) is 22.3. The number of carbonyl (C=O) groups is 1. The topological polar surface area (TPSA) is 195 Å². The third kappa shape index (κ3) is 7.62. The van der Waals surface area contributed by atoms with Gasteiger partial charge in [0.05, 0.1) is 30.8 Å². The van der Waals surface area contributed by atoms with Crippen molar-refractivity contribution >= 4 is 28.9 Å². The van der Waals surface area contributed by atoms with Gasteiger partial charge in [-0.05, 0) is 87.8 Å². The Bertz CT molecular complexity index is 1630. The Morgan fingerprint density at radius 3 is 2.50 bits per heavy atom. The molecular formula is C32H42N8O6. The van der Waals surface area contributed by atoms with Crippen molar-refractivity contribution in [3.05, 3.63) is 64.3 Å². The first-order valence-electron chi connectivity index (χ1n) is 15.7. The maximum absolute atomic E-state index is 11.7. The van der Waals surface area contributed by atoms with Crippen molar-refractivity contribution in [1.29, 1.82) is 0 Å². The number of hydrogen-bond acceptors (Lipinski definition) is 12. The van der Waals surface area contributed by atoms with Crippen molar-refractivity contribution in [2.45, 2.75) is 45.6 Å². The summed E-state index contributed by atoms with van der Waals surface area (Å²) in [6.45, 7) is 6.87. The SMILES string of the molecule is CCOC(=O)c1ccc(OCCC2CCN(c3ccc(C)nn3)CC2)cc1.Nc1nc2c(ncn2[C@@H]2C[C@H](CO)[C@H]2CO)c(=O)[nH]1. The lowest BCUT2D eigenvalue weighted by molar-refractivity contribution is -0.00528. The van der Waals surface area contributed by atoms with Crippen molar-refractivity contribution in [3.8, 4) is 5.75 Å². The van der Waals surface area contributed by atoms with Crippen molar-refractivity contribution in [2.75, 3.05) is 50.2 Å². The predicted octanol–water partition coefficient (Wildman–Crippen LogP) is 2.51. The van der Waals surface area contributed by atoms with Crippen LogP contribution in [0.5, 0.6) is 5.75 Å². The van der Waals surface area contributed by atoms with Crippen molar-refractivity contribution in [1.82, 2.24) is 29.7 Å². The van der Waals surface area contributed by atoms with E-state index in [4.69, 9.17) is 15.2 Å². The van der Waals surface area contributed by atoms with Gasteiger partial charge < -0.3 is 34.9 Å². The fraction of sp³-hybridized carbons (Fsp3) is 0.500. The molecule has 1 aliphatic heterocycles. The van der Waals surface area contributed by atoms with Gasteiger partial charge in [-0.1, -0.05) is 0 Å². The molecule has 0 radical (unpaired) electrons. The van der Waals surface area contributed by atoms with Gasteiger partial charge in [0.15, 0.2) is 17.0 Å². The Labute approximate surface area is 266 Å². The van der Waals surface area contributed by atoms with Gasteiger partial charge in [-0.25, -0.2) is 9.78 Å². The molecule has 14 nitrogen and oxygen atoms in total. The van der Waals surface area contributed by atoms with Crippen LogP contribution in [0.15, 0.2) is 47.5 Å². The quantitative estimate of drug-likeness (QED) is 0.187. The molecule has 1 aromatic carbocycles. The molecule has 46 heavy (non-hydrogen) atoms. The van der Waals surface area contributed by atoms with Gasteiger partial charge in [0.2, 0.25) is 5.95 Å². The van der Waals surface area contributed by atoms with Crippen LogP contribution >= 0.6 is 0 Å². The van der Waals surface area contributed by atoms with Crippen LogP contribution in [0.25, 0.3) is 11.2 Å². The number of fused-ring (bicyclic) bond motifs is 1. The largest absolute Gasteiger partial charge is 0.494 e. The van der Waals surface area contributed by atoms with Crippen molar-refractivity contribution in [3.63, 3.8) is 0 Å². The minimum atomic E-state index is -0.375. The number of aliphatic hydroxyl groups excluding tert-OH is 2. The number of ether oxygens (including phenoxy) is 2. The summed E-state index contributed by atoms with van der Waals surface area (Å²) in [6.07, 6.45) is 5.57. The number of aromatic nitrogens is 6. The number of imidazole rings is 1. The highest BCUT2D eigenvalue weighted by Gasteiger charge is 2.42. The molecule has 0 bridgehead atoms. The van der Waals surface area contributed by atoms with E-state index in [0.717, 1.165) is 56.0 Å². The number of aryl methyl sites for hydroxylation is 1. The number of H-pyrrole nitrogens is 1. The number of rotatable bonds is 10. The molecule has 0 unspecified atom stereocenters. The van der Waals surface area contributed by atoms with Crippen LogP contribution in [0.2, 0.25) is 0 Å². The van der Waals surface area contributed by atoms with E-state index in [1.54, 1.807) is 23.6 Å². The predicted molar refractivity (Wildman–Crippen MR) is 172 cm³/mol. The molecule has 1 saturated carbocycles. The summed E-state index contributed by atoms with van der Waals surface area (Å²) >= 11 is 0. The van der Waals surface area contributed by atoms with Crippen LogP contribution in [-0.2, 0) is 4.74 Å². The van der Waals surface area contributed by atoms with Crippen LogP contribution in [0.1, 0.15) is 54.7 Å². The Morgan fingerprint density at radius 1 is 1.09 bits per heavy atom. The average Bonchev–Trinajstić information content (AvgIpc) is 3.46. The molecule has 5 N–H and O–H groups in total. The zero-order valence-electron chi connectivity index (χ0n) is 26.2. The molecular weight excluding hydrogens is 592 g/mol. The number of aliphatic hydroxyl groups is 2. The van der Waals surface area contributed by atoms with Gasteiger partial charge in [0.25, 0.3) is 5.56 Å². The van der Waals surface area contributed by atoms with E-state index in [1.807, 2.05) is 31.2 Å². The average molecular weight is 635 g/mol. The highest BCUT2D eigenvalue weighted by Crippen LogP contribution is 2.44. The summed E-state index contributed by atoms with van der Waals surface area (Å²) in [6, 6.07) is 11.2. The monoisotopic (exact) mass is 634 g/mol. The highest BCUT2D eigenvalue weighted by molar-refractivity contribution is 5.89. The minimum Gasteiger partial charge on any atom is -0.494 e. The Morgan fingerprint density at radius 2 is 1.85 bits per heavy atom. The fourth-order valence-corrected chi connectivity index (χ4v) is 6.02. The number of benzene rings is 1. The van der Waals surface area contributed by atoms with Gasteiger partial charge in [-0.2, -0.15) is 10.1 Å². The van der Waals surface area contributed by atoms with E-state index in [2.05, 4.69) is 30.0 Å². The second kappa shape index (κ2) is 15.1. The maximum Gasteiger partial charge on any atom is 0.338 e. The Hall–Kier alpha value is -4.56. The highest BCUT2D eigenvalue weighted by atomic mass is 16.5. The fourth-order valence-electron chi connectivity index (χ4n) is 6.02. The molecule has 6 rings (SSSR count). The van der Waals surface area contributed by atoms with Crippen molar-refractivity contribution < 1.29 is 24.5 Å². The number of hydrogen-bond donors (Lipinski definition) is 4. The van der Waals surface area contributed by atoms with Crippen LogP contribution in [0, 0.1) is 24.7 Å². The van der Waals surface area contributed by atoms with E-state index < -0.39 is 0 Å². The first kappa shape index (κ1) is 32.8. The number of piperidine rings is 1. The standard InChI is InChI=1S/C21H27N3O3.C11H15N5O3/c1-3-26-21(25)18-5-7-19(8-6-18)27-15-12-17-10-13-24(14-11-17)20-9-4-16(2)22-23-20;12-11-14-9-8(10(19)15-11)13-4-16(9)7-1-5(2-17)6(7)3-18/h4-9,17H,3,10-15H2,1-2H3;4-7,17-18H,1-3H2,(H3,12,14,15,19)/t;5-,6-,7-/m.1/s1. The lowest BCUT2D eigenvalue weighted by atomic mass is 9.70. The number of nitrogens with zero attached hydrogens (tertiary/aromatic N) is 6. The molecule has 3 aromatic heterocycles. The molecule has 2 fully saturated rings. The number of nitrogens with two attached hydrogens (primary N) is 1. The zero-order chi connectivity index (χ0) is 32.6. The lowest BCUT2D eigenvalue weighted by Gasteiger charge is -2.43. The molecule has 0 spiro atoms. The summed E-state index contributed by atoms with van der Waals surface area (Å²) in [7, 11) is 0. The summed E-state index contributed by atoms with van der Waals surface area (Å²) in [5.41, 5.74) is 7.31. The third-order valence-electron chi connectivity index (χ3n) is 8.78. The normalized spacial score (nSPS) is 19.7. The molecule has 4 heterocycles. The molecule has 2 aliphatic rings. The number of aromatic amines is 1. The summed E-state index contributed by atoms with van der Waals surface area (Å²) in [4.78, 5) is 36.2. The molecule has 1 saturated heterocycles. The molecule has 3 atom stereocenters. The summed E-state index contributed by atoms with van der Waals surface area (Å²) in [5, 5.41) is 27.0. The van der Waals surface area contributed by atoms with E-state index in [0.29, 0.717) is 30.3 Å². The molecule has 246 valence electrons. The third-order valence-corrected chi connectivity index (χ3v) is 8.78. The molecule has 0 amide bonds. The first-order valence-corrected chi connectivity index (χ1v) is 15.7. The molecule has 4 aromatic rings. The second-order valence-electron chi connectivity index (χ2n) is 11.7. The Kier molecular flexibility index (Phi) is 10.8.